The third-order valence-electron chi connectivity index (χ3n) is 5.74. The minimum atomic E-state index is -4.52. The summed E-state index contributed by atoms with van der Waals surface area (Å²) < 4.78 is 38.7. The number of aromatic nitrogens is 3. The van der Waals surface area contributed by atoms with Crippen molar-refractivity contribution in [3.63, 3.8) is 0 Å². The predicted octanol–water partition coefficient (Wildman–Crippen LogP) is 4.06. The monoisotopic (exact) mass is 469 g/mol. The number of hydrogen-bond acceptors (Lipinski definition) is 5. The van der Waals surface area contributed by atoms with Crippen molar-refractivity contribution >= 4 is 27.7 Å². The molecule has 1 saturated carbocycles. The molecule has 2 aromatic rings. The number of alkyl halides is 3. The molecular formula is C19H19BrF3N5O. The van der Waals surface area contributed by atoms with Crippen molar-refractivity contribution in [3.8, 4) is 0 Å². The highest BCUT2D eigenvalue weighted by atomic mass is 79.9. The van der Waals surface area contributed by atoms with Gasteiger partial charge in [0.1, 0.15) is 11.5 Å². The van der Waals surface area contributed by atoms with Gasteiger partial charge in [-0.15, -0.1) is 0 Å². The second-order valence-corrected chi connectivity index (χ2v) is 8.42. The molecule has 154 valence electrons. The minimum absolute atomic E-state index is 0.0680. The van der Waals surface area contributed by atoms with Crippen LogP contribution in [0.1, 0.15) is 41.6 Å². The fourth-order valence-corrected chi connectivity index (χ4v) is 4.72. The summed E-state index contributed by atoms with van der Waals surface area (Å²) >= 11 is 3.41. The van der Waals surface area contributed by atoms with Crippen molar-refractivity contribution in [1.82, 2.24) is 19.9 Å². The van der Waals surface area contributed by atoms with Crippen molar-refractivity contribution in [2.24, 2.45) is 5.92 Å². The highest BCUT2D eigenvalue weighted by Gasteiger charge is 2.52. The Labute approximate surface area is 174 Å². The van der Waals surface area contributed by atoms with Crippen LogP contribution in [0.25, 0.3) is 0 Å². The number of halogens is 4. The molecule has 1 aliphatic heterocycles. The lowest BCUT2D eigenvalue weighted by Gasteiger charge is -2.38. The van der Waals surface area contributed by atoms with Crippen molar-refractivity contribution in [3.05, 3.63) is 46.1 Å². The average Bonchev–Trinajstić information content (AvgIpc) is 3.20. The maximum absolute atomic E-state index is 13.2. The van der Waals surface area contributed by atoms with Crippen molar-refractivity contribution < 1.29 is 18.0 Å². The predicted molar refractivity (Wildman–Crippen MR) is 103 cm³/mol. The fourth-order valence-electron chi connectivity index (χ4n) is 4.33. The van der Waals surface area contributed by atoms with E-state index in [0.717, 1.165) is 30.9 Å². The summed E-state index contributed by atoms with van der Waals surface area (Å²) in [6, 6.07) is 3.52. The Morgan fingerprint density at radius 3 is 2.62 bits per heavy atom. The van der Waals surface area contributed by atoms with Gasteiger partial charge in [0.15, 0.2) is 5.69 Å². The third-order valence-corrected chi connectivity index (χ3v) is 6.38. The Morgan fingerprint density at radius 1 is 1.24 bits per heavy atom. The van der Waals surface area contributed by atoms with Gasteiger partial charge in [-0.3, -0.25) is 4.79 Å². The van der Waals surface area contributed by atoms with E-state index in [2.05, 4.69) is 36.2 Å². The zero-order valence-electron chi connectivity index (χ0n) is 15.7. The largest absolute Gasteiger partial charge is 0.434 e. The molecule has 3 heterocycles. The van der Waals surface area contributed by atoms with E-state index in [9.17, 15) is 18.0 Å². The first-order valence-electron chi connectivity index (χ1n) is 9.26. The maximum Gasteiger partial charge on any atom is 0.434 e. The minimum Gasteiger partial charge on any atom is -0.364 e. The number of hydrogen-bond donors (Lipinski definition) is 1. The molecule has 0 aromatic carbocycles. The van der Waals surface area contributed by atoms with Gasteiger partial charge in [0.2, 0.25) is 0 Å². The lowest BCUT2D eigenvalue weighted by molar-refractivity contribution is -0.141. The van der Waals surface area contributed by atoms with Gasteiger partial charge in [0.25, 0.3) is 5.91 Å². The summed E-state index contributed by atoms with van der Waals surface area (Å²) in [6.07, 6.45) is -1.06. The Balaban J connectivity index is 1.53. The van der Waals surface area contributed by atoms with Crippen LogP contribution >= 0.6 is 15.9 Å². The van der Waals surface area contributed by atoms with Gasteiger partial charge in [-0.2, -0.15) is 13.2 Å². The molecule has 0 radical (unpaired) electrons. The number of piperidine rings is 1. The fraction of sp³-hybridized carbons (Fsp3) is 0.474. The lowest BCUT2D eigenvalue weighted by atomic mass is 9.97. The smallest absolute Gasteiger partial charge is 0.364 e. The number of fused-ring (bicyclic) bond motifs is 2. The summed E-state index contributed by atoms with van der Waals surface area (Å²) in [5.41, 5.74) is 0.0949. The van der Waals surface area contributed by atoms with E-state index >= 15 is 0 Å². The van der Waals surface area contributed by atoms with Gasteiger partial charge in [-0.1, -0.05) is 0 Å². The highest BCUT2D eigenvalue weighted by molar-refractivity contribution is 9.10. The number of likely N-dealkylation sites (tertiary alicyclic amines) is 1. The molecule has 0 spiro atoms. The van der Waals surface area contributed by atoms with Crippen LogP contribution in [0.4, 0.5) is 19.0 Å². The van der Waals surface area contributed by atoms with Crippen molar-refractivity contribution in [1.29, 1.82) is 0 Å². The number of aryl methyl sites for hydroxylation is 1. The molecule has 4 rings (SSSR count). The summed E-state index contributed by atoms with van der Waals surface area (Å²) in [6.45, 7) is 3.86. The topological polar surface area (TPSA) is 71.0 Å². The van der Waals surface area contributed by atoms with Crippen LogP contribution in [0.2, 0.25) is 0 Å². The average molecular weight is 470 g/mol. The number of amides is 1. The van der Waals surface area contributed by atoms with Crippen LogP contribution in [0, 0.1) is 12.8 Å². The first kappa shape index (κ1) is 20.1. The molecule has 6 nitrogen and oxygen atoms in total. The van der Waals surface area contributed by atoms with Crippen LogP contribution in [-0.2, 0) is 6.18 Å². The number of carbonyl (C=O) groups excluding carboxylic acids is 1. The van der Waals surface area contributed by atoms with Gasteiger partial charge in [-0.25, -0.2) is 15.0 Å². The summed E-state index contributed by atoms with van der Waals surface area (Å²) in [5, 5.41) is 3.17. The Morgan fingerprint density at radius 2 is 2.00 bits per heavy atom. The zero-order chi connectivity index (χ0) is 20.9. The van der Waals surface area contributed by atoms with Gasteiger partial charge < -0.3 is 10.2 Å². The number of carbonyl (C=O) groups is 1. The third kappa shape index (κ3) is 3.70. The second-order valence-electron chi connectivity index (χ2n) is 7.57. The quantitative estimate of drug-likeness (QED) is 0.733. The van der Waals surface area contributed by atoms with Gasteiger partial charge >= 0.3 is 6.18 Å². The van der Waals surface area contributed by atoms with Gasteiger partial charge in [0, 0.05) is 22.3 Å². The van der Waals surface area contributed by atoms with E-state index in [1.807, 2.05) is 30.9 Å². The van der Waals surface area contributed by atoms with E-state index in [1.54, 1.807) is 0 Å². The highest BCUT2D eigenvalue weighted by Crippen LogP contribution is 2.44. The first-order chi connectivity index (χ1) is 13.6. The molecule has 1 amide bonds. The summed E-state index contributed by atoms with van der Waals surface area (Å²) in [7, 11) is 0. The zero-order valence-corrected chi connectivity index (χ0v) is 17.3. The number of nitrogens with one attached hydrogen (secondary N) is 1. The van der Waals surface area contributed by atoms with Gasteiger partial charge in [0.05, 0.1) is 18.4 Å². The molecule has 29 heavy (non-hydrogen) atoms. The Hall–Kier alpha value is -2.23. The van der Waals surface area contributed by atoms with Crippen LogP contribution in [0.3, 0.4) is 0 Å². The molecule has 1 saturated heterocycles. The van der Waals surface area contributed by atoms with Crippen LogP contribution in [0.5, 0.6) is 0 Å². The van der Waals surface area contributed by atoms with Crippen molar-refractivity contribution in [2.45, 2.75) is 51.0 Å². The molecule has 2 aliphatic rings. The van der Waals surface area contributed by atoms with Crippen LogP contribution < -0.4 is 5.32 Å². The lowest BCUT2D eigenvalue weighted by Crippen LogP contribution is -2.52. The molecule has 2 bridgehead atoms. The van der Waals surface area contributed by atoms with Crippen molar-refractivity contribution in [2.75, 3.05) is 5.32 Å². The van der Waals surface area contributed by atoms with E-state index in [4.69, 9.17) is 0 Å². The number of rotatable bonds is 3. The normalized spacial score (nSPS) is 26.1. The van der Waals surface area contributed by atoms with E-state index < -0.39 is 11.9 Å². The number of pyridine rings is 1. The number of nitrogens with zero attached hydrogens (tertiary/aromatic N) is 4. The summed E-state index contributed by atoms with van der Waals surface area (Å²) in [5.74, 6) is 0.434. The Bertz CT molecular complexity index is 936. The van der Waals surface area contributed by atoms with E-state index in [-0.39, 0.29) is 29.9 Å². The van der Waals surface area contributed by atoms with E-state index in [1.165, 1.54) is 0 Å². The molecule has 2 fully saturated rings. The van der Waals surface area contributed by atoms with Gasteiger partial charge in [-0.05, 0) is 60.7 Å². The van der Waals surface area contributed by atoms with E-state index in [0.29, 0.717) is 16.1 Å². The molecule has 1 N–H and O–H groups in total. The molecular weight excluding hydrogens is 451 g/mol. The molecule has 10 heteroatoms. The standard InChI is InChI=1S/C19H19BrF3N5O/c1-9-3-4-12(20)17(26-9)18(29)28-10(2)11-5-13(14(28)6-11)27-16-8-24-15(7-25-16)19(21,22)23/h3-4,7-8,10-11,13-14H,5-6H2,1-2H3,(H,25,27)/t10-,11?,13?,14+/m0/s1. The maximum atomic E-state index is 13.2. The van der Waals surface area contributed by atoms with Crippen LogP contribution in [0.15, 0.2) is 29.0 Å². The molecule has 2 unspecified atom stereocenters. The molecule has 1 aliphatic carbocycles. The van der Waals surface area contributed by atoms with Crippen LogP contribution in [-0.4, -0.2) is 43.9 Å². The first-order valence-corrected chi connectivity index (χ1v) is 10.1. The SMILES string of the molecule is Cc1ccc(Br)c(C(=O)N2[C@@H]3CC(CC3Nc3cnc(C(F)(F)F)cn3)[C@@H]2C)n1. The molecule has 2 aromatic heterocycles. The summed E-state index contributed by atoms with van der Waals surface area (Å²) in [4.78, 5) is 26.8. The molecule has 4 atom stereocenters. The Kier molecular flexibility index (Phi) is 5.00. The number of anilines is 1. The second kappa shape index (κ2) is 7.23.